The molecule has 2 heterocycles. The minimum atomic E-state index is -1.01. The standard InChI is InChI=1S/C22H16Cl2N4O2S/c1-28-18-9-8-13(23)11-16(18)19(15-6-2-3-7-17(15)24)26-20(21(28)29)27-22(31)25-12-14-5-4-10-30-14/h2-12,20H,1H3,(H,27,31)/b25-12+. The summed E-state index contributed by atoms with van der Waals surface area (Å²) in [7, 11) is 1.67. The number of halogens is 2. The molecule has 0 saturated heterocycles. The molecule has 156 valence electrons. The molecule has 1 aliphatic rings. The topological polar surface area (TPSA) is 70.2 Å². The van der Waals surface area contributed by atoms with Crippen molar-refractivity contribution in [1.82, 2.24) is 5.32 Å². The molecule has 0 spiro atoms. The maximum atomic E-state index is 13.2. The van der Waals surface area contributed by atoms with Crippen LogP contribution in [-0.4, -0.2) is 36.2 Å². The first kappa shape index (κ1) is 21.2. The highest BCUT2D eigenvalue weighted by molar-refractivity contribution is 7.80. The van der Waals surface area contributed by atoms with Gasteiger partial charge in [0.2, 0.25) is 6.17 Å². The minimum absolute atomic E-state index is 0.0920. The van der Waals surface area contributed by atoms with Crippen molar-refractivity contribution in [2.45, 2.75) is 6.17 Å². The Morgan fingerprint density at radius 1 is 1.19 bits per heavy atom. The van der Waals surface area contributed by atoms with Gasteiger partial charge >= 0.3 is 0 Å². The molecule has 31 heavy (non-hydrogen) atoms. The molecule has 9 heteroatoms. The number of carbonyl (C=O) groups is 1. The van der Waals surface area contributed by atoms with Crippen LogP contribution >= 0.6 is 35.4 Å². The number of anilines is 1. The van der Waals surface area contributed by atoms with Gasteiger partial charge in [-0.3, -0.25) is 4.79 Å². The summed E-state index contributed by atoms with van der Waals surface area (Å²) < 4.78 is 5.21. The van der Waals surface area contributed by atoms with E-state index in [1.54, 1.807) is 43.4 Å². The van der Waals surface area contributed by atoms with Crippen LogP contribution in [0.15, 0.2) is 75.3 Å². The quantitative estimate of drug-likeness (QED) is 0.444. The molecule has 2 aromatic carbocycles. The van der Waals surface area contributed by atoms with Crippen LogP contribution in [-0.2, 0) is 4.79 Å². The first-order valence-electron chi connectivity index (χ1n) is 9.22. The van der Waals surface area contributed by atoms with E-state index in [0.29, 0.717) is 38.3 Å². The smallest absolute Gasteiger partial charge is 0.272 e. The first-order valence-corrected chi connectivity index (χ1v) is 10.4. The van der Waals surface area contributed by atoms with Gasteiger partial charge in [0.05, 0.1) is 23.9 Å². The van der Waals surface area contributed by atoms with E-state index >= 15 is 0 Å². The fraction of sp³-hybridized carbons (Fsp3) is 0.0909. The van der Waals surface area contributed by atoms with Crippen LogP contribution in [0.25, 0.3) is 0 Å². The molecule has 0 saturated carbocycles. The Morgan fingerprint density at radius 3 is 2.74 bits per heavy atom. The summed E-state index contributed by atoms with van der Waals surface area (Å²) in [5.74, 6) is 0.233. The number of nitrogens with one attached hydrogen (secondary N) is 1. The summed E-state index contributed by atoms with van der Waals surface area (Å²) >= 11 is 18.0. The van der Waals surface area contributed by atoms with Crippen molar-refractivity contribution < 1.29 is 9.21 Å². The zero-order chi connectivity index (χ0) is 22.0. The van der Waals surface area contributed by atoms with Crippen molar-refractivity contribution >= 4 is 64.1 Å². The summed E-state index contributed by atoms with van der Waals surface area (Å²) in [6.07, 6.45) is 1.99. The van der Waals surface area contributed by atoms with Crippen molar-refractivity contribution in [2.75, 3.05) is 11.9 Å². The monoisotopic (exact) mass is 470 g/mol. The number of amides is 1. The normalized spacial score (nSPS) is 16.1. The number of likely N-dealkylation sites (N-methyl/N-ethyl adjacent to an activating group) is 1. The van der Waals surface area contributed by atoms with E-state index in [2.05, 4.69) is 10.3 Å². The van der Waals surface area contributed by atoms with E-state index < -0.39 is 6.17 Å². The SMILES string of the molecule is CN1C(=O)C(NC(=S)/N=C/c2ccco2)N=C(c2ccccc2Cl)c2cc(Cl)ccc21. The van der Waals surface area contributed by atoms with Crippen molar-refractivity contribution in [3.05, 3.63) is 87.8 Å². The van der Waals surface area contributed by atoms with Gasteiger partial charge < -0.3 is 14.6 Å². The van der Waals surface area contributed by atoms with Gasteiger partial charge in [-0.15, -0.1) is 0 Å². The largest absolute Gasteiger partial charge is 0.463 e. The van der Waals surface area contributed by atoms with Crippen LogP contribution < -0.4 is 10.2 Å². The van der Waals surface area contributed by atoms with Gasteiger partial charge in [-0.25, -0.2) is 9.98 Å². The molecular weight excluding hydrogens is 455 g/mol. The number of nitrogens with zero attached hydrogens (tertiary/aromatic N) is 3. The van der Waals surface area contributed by atoms with Gasteiger partial charge in [0.15, 0.2) is 5.11 Å². The molecular formula is C22H16Cl2N4O2S. The number of benzodiazepines with no additional fused rings is 1. The Balaban J connectivity index is 1.76. The van der Waals surface area contributed by atoms with Gasteiger partial charge in [-0.2, -0.15) is 0 Å². The van der Waals surface area contributed by atoms with Crippen molar-refractivity contribution in [1.29, 1.82) is 0 Å². The molecule has 1 amide bonds. The van der Waals surface area contributed by atoms with E-state index in [4.69, 9.17) is 44.8 Å². The Hall–Kier alpha value is -3.00. The average molecular weight is 471 g/mol. The van der Waals surface area contributed by atoms with Gasteiger partial charge in [-0.05, 0) is 48.6 Å². The second kappa shape index (κ2) is 9.01. The molecule has 1 aliphatic heterocycles. The van der Waals surface area contributed by atoms with Crippen LogP contribution in [0.3, 0.4) is 0 Å². The predicted octanol–water partition coefficient (Wildman–Crippen LogP) is 4.72. The third kappa shape index (κ3) is 4.54. The van der Waals surface area contributed by atoms with Crippen molar-refractivity contribution in [3.8, 4) is 0 Å². The van der Waals surface area contributed by atoms with Crippen LogP contribution in [0.2, 0.25) is 10.0 Å². The lowest BCUT2D eigenvalue weighted by molar-refractivity contribution is -0.119. The molecule has 1 atom stereocenters. The average Bonchev–Trinajstić information content (AvgIpc) is 3.25. The van der Waals surface area contributed by atoms with Crippen molar-refractivity contribution in [2.24, 2.45) is 9.98 Å². The Morgan fingerprint density at radius 2 is 2.00 bits per heavy atom. The van der Waals surface area contributed by atoms with Gasteiger partial charge in [-0.1, -0.05) is 41.4 Å². The zero-order valence-corrected chi connectivity index (χ0v) is 18.6. The first-order chi connectivity index (χ1) is 14.9. The molecule has 1 N–H and O–H groups in total. The molecule has 1 aromatic heterocycles. The van der Waals surface area contributed by atoms with E-state index in [0.717, 1.165) is 0 Å². The van der Waals surface area contributed by atoms with Crippen LogP contribution in [0.1, 0.15) is 16.9 Å². The molecule has 0 radical (unpaired) electrons. The van der Waals surface area contributed by atoms with Crippen LogP contribution in [0.5, 0.6) is 0 Å². The van der Waals surface area contributed by atoms with E-state index in [9.17, 15) is 4.79 Å². The minimum Gasteiger partial charge on any atom is -0.463 e. The Kier molecular flexibility index (Phi) is 6.18. The fourth-order valence-corrected chi connectivity index (χ4v) is 3.71. The number of hydrogen-bond donors (Lipinski definition) is 1. The highest BCUT2D eigenvalue weighted by atomic mass is 35.5. The fourth-order valence-electron chi connectivity index (χ4n) is 3.15. The maximum absolute atomic E-state index is 13.2. The molecule has 1 unspecified atom stereocenters. The third-order valence-corrected chi connectivity index (χ3v) is 5.43. The number of benzene rings is 2. The highest BCUT2D eigenvalue weighted by Gasteiger charge is 2.31. The summed E-state index contributed by atoms with van der Waals surface area (Å²) in [4.78, 5) is 23.5. The summed E-state index contributed by atoms with van der Waals surface area (Å²) in [5.41, 5.74) is 2.54. The van der Waals surface area contributed by atoms with E-state index in [1.807, 2.05) is 18.2 Å². The Bertz CT molecular complexity index is 1210. The second-order valence-electron chi connectivity index (χ2n) is 6.64. The molecule has 3 aromatic rings. The van der Waals surface area contributed by atoms with Gasteiger partial charge in [0.1, 0.15) is 5.76 Å². The number of fused-ring (bicyclic) bond motifs is 1. The van der Waals surface area contributed by atoms with E-state index in [-0.39, 0.29) is 11.0 Å². The summed E-state index contributed by atoms with van der Waals surface area (Å²) in [6, 6.07) is 16.0. The molecule has 0 bridgehead atoms. The van der Waals surface area contributed by atoms with Crippen LogP contribution in [0.4, 0.5) is 5.69 Å². The van der Waals surface area contributed by atoms with Crippen molar-refractivity contribution in [3.63, 3.8) is 0 Å². The molecule has 0 fully saturated rings. The molecule has 0 aliphatic carbocycles. The number of rotatable bonds is 3. The zero-order valence-electron chi connectivity index (χ0n) is 16.3. The number of thiocarbonyl (C=S) groups is 1. The lowest BCUT2D eigenvalue weighted by atomic mass is 10.00. The number of hydrogen-bond acceptors (Lipinski definition) is 4. The number of furan rings is 1. The predicted molar refractivity (Wildman–Crippen MR) is 128 cm³/mol. The summed E-state index contributed by atoms with van der Waals surface area (Å²) in [5, 5.41) is 4.02. The number of aliphatic imine (C=N–C) groups is 2. The summed E-state index contributed by atoms with van der Waals surface area (Å²) in [6.45, 7) is 0. The van der Waals surface area contributed by atoms with Crippen LogP contribution in [0, 0.1) is 0 Å². The maximum Gasteiger partial charge on any atom is 0.272 e. The van der Waals surface area contributed by atoms with E-state index in [1.165, 1.54) is 17.4 Å². The second-order valence-corrected chi connectivity index (χ2v) is 7.87. The van der Waals surface area contributed by atoms with Gasteiger partial charge in [0, 0.05) is 28.2 Å². The molecule has 4 rings (SSSR count). The molecule has 6 nitrogen and oxygen atoms in total. The lowest BCUT2D eigenvalue weighted by Gasteiger charge is -2.21. The number of carbonyl (C=O) groups excluding carboxylic acids is 1. The highest BCUT2D eigenvalue weighted by Crippen LogP contribution is 2.31. The Labute approximate surface area is 194 Å². The third-order valence-electron chi connectivity index (χ3n) is 4.64. The lowest BCUT2D eigenvalue weighted by Crippen LogP contribution is -2.45. The van der Waals surface area contributed by atoms with Gasteiger partial charge in [0.25, 0.3) is 5.91 Å².